The van der Waals surface area contributed by atoms with Gasteiger partial charge in [-0.05, 0) is 24.6 Å². The highest BCUT2D eigenvalue weighted by Crippen LogP contribution is 2.15. The van der Waals surface area contributed by atoms with Gasteiger partial charge < -0.3 is 5.32 Å². The Balaban J connectivity index is 2.80. The van der Waals surface area contributed by atoms with E-state index in [0.29, 0.717) is 0 Å². The fourth-order valence-electron chi connectivity index (χ4n) is 1.41. The van der Waals surface area contributed by atoms with Crippen LogP contribution >= 0.6 is 0 Å². The van der Waals surface area contributed by atoms with Gasteiger partial charge in [0.25, 0.3) is 0 Å². The fraction of sp³-hybridized carbons (Fsp3) is 0.250. The van der Waals surface area contributed by atoms with Gasteiger partial charge in [0.2, 0.25) is 15.9 Å². The predicted octanol–water partition coefficient (Wildman–Crippen LogP) is 0.534. The number of carbonyl (C=O) groups excluding carboxylic acids is 1. The number of nitrogens with one attached hydrogen (secondary N) is 1. The average molecular weight is 266 g/mol. The second kappa shape index (κ2) is 5.67. The SMILES string of the molecule is C#CCC(=O)NC(C)c1ccc(S(N)(=O)=O)cc1. The lowest BCUT2D eigenvalue weighted by Crippen LogP contribution is -2.26. The molecule has 1 amide bonds. The number of sulfonamides is 1. The van der Waals surface area contributed by atoms with Crippen LogP contribution in [0.15, 0.2) is 29.2 Å². The zero-order valence-electron chi connectivity index (χ0n) is 9.88. The minimum absolute atomic E-state index is 0.0135. The summed E-state index contributed by atoms with van der Waals surface area (Å²) in [7, 11) is -3.69. The van der Waals surface area contributed by atoms with Gasteiger partial charge in [-0.15, -0.1) is 6.42 Å². The molecule has 0 radical (unpaired) electrons. The Morgan fingerprint density at radius 2 is 2.00 bits per heavy atom. The number of carbonyl (C=O) groups is 1. The Bertz CT molecular complexity index is 570. The molecule has 1 aromatic rings. The summed E-state index contributed by atoms with van der Waals surface area (Å²) in [5, 5.41) is 7.68. The zero-order chi connectivity index (χ0) is 13.8. The number of amides is 1. The first-order chi connectivity index (χ1) is 8.34. The third-order valence-corrected chi connectivity index (χ3v) is 3.28. The summed E-state index contributed by atoms with van der Waals surface area (Å²) < 4.78 is 22.1. The molecule has 1 unspecified atom stereocenters. The van der Waals surface area contributed by atoms with E-state index in [9.17, 15) is 13.2 Å². The predicted molar refractivity (Wildman–Crippen MR) is 67.8 cm³/mol. The number of benzene rings is 1. The molecule has 0 bridgehead atoms. The summed E-state index contributed by atoms with van der Waals surface area (Å²) in [6.45, 7) is 1.78. The molecular weight excluding hydrogens is 252 g/mol. The maximum absolute atomic E-state index is 11.3. The summed E-state index contributed by atoms with van der Waals surface area (Å²) >= 11 is 0. The fourth-order valence-corrected chi connectivity index (χ4v) is 1.93. The lowest BCUT2D eigenvalue weighted by atomic mass is 10.1. The molecule has 1 atom stereocenters. The third kappa shape index (κ3) is 3.87. The van der Waals surface area contributed by atoms with E-state index in [4.69, 9.17) is 11.6 Å². The van der Waals surface area contributed by atoms with E-state index < -0.39 is 10.0 Å². The van der Waals surface area contributed by atoms with Crippen LogP contribution in [-0.2, 0) is 14.8 Å². The Morgan fingerprint density at radius 3 is 2.44 bits per heavy atom. The van der Waals surface area contributed by atoms with Crippen molar-refractivity contribution < 1.29 is 13.2 Å². The Labute approximate surface area is 106 Å². The van der Waals surface area contributed by atoms with E-state index >= 15 is 0 Å². The number of terminal acetylenes is 1. The van der Waals surface area contributed by atoms with Crippen molar-refractivity contribution in [2.24, 2.45) is 5.14 Å². The lowest BCUT2D eigenvalue weighted by Gasteiger charge is -2.13. The van der Waals surface area contributed by atoms with E-state index in [1.54, 1.807) is 19.1 Å². The van der Waals surface area contributed by atoms with Gasteiger partial charge in [0.1, 0.15) is 0 Å². The molecule has 0 saturated carbocycles. The second-order valence-electron chi connectivity index (χ2n) is 3.78. The summed E-state index contributed by atoms with van der Waals surface area (Å²) in [5.74, 6) is 2.00. The van der Waals surface area contributed by atoms with Gasteiger partial charge in [-0.25, -0.2) is 13.6 Å². The molecule has 0 aliphatic carbocycles. The van der Waals surface area contributed by atoms with Crippen molar-refractivity contribution in [3.63, 3.8) is 0 Å². The first-order valence-electron chi connectivity index (χ1n) is 5.20. The third-order valence-electron chi connectivity index (χ3n) is 2.35. The van der Waals surface area contributed by atoms with Crippen molar-refractivity contribution in [3.05, 3.63) is 29.8 Å². The van der Waals surface area contributed by atoms with Crippen LogP contribution in [0.25, 0.3) is 0 Å². The highest BCUT2D eigenvalue weighted by molar-refractivity contribution is 7.89. The lowest BCUT2D eigenvalue weighted by molar-refractivity contribution is -0.120. The molecule has 5 nitrogen and oxygen atoms in total. The van der Waals surface area contributed by atoms with Crippen molar-refractivity contribution in [2.75, 3.05) is 0 Å². The van der Waals surface area contributed by atoms with E-state index in [0.717, 1.165) is 5.56 Å². The zero-order valence-corrected chi connectivity index (χ0v) is 10.7. The largest absolute Gasteiger partial charge is 0.349 e. The van der Waals surface area contributed by atoms with Gasteiger partial charge in [-0.3, -0.25) is 4.79 Å². The van der Waals surface area contributed by atoms with Crippen LogP contribution in [0.3, 0.4) is 0 Å². The average Bonchev–Trinajstić information content (AvgIpc) is 2.28. The van der Waals surface area contributed by atoms with Crippen LogP contribution in [0.4, 0.5) is 0 Å². The van der Waals surface area contributed by atoms with E-state index in [1.807, 2.05) is 0 Å². The van der Waals surface area contributed by atoms with Gasteiger partial charge in [0, 0.05) is 0 Å². The summed E-state index contributed by atoms with van der Waals surface area (Å²) in [4.78, 5) is 11.3. The molecule has 6 heteroatoms. The van der Waals surface area contributed by atoms with E-state index in [-0.39, 0.29) is 23.3 Å². The van der Waals surface area contributed by atoms with Crippen molar-refractivity contribution in [2.45, 2.75) is 24.3 Å². The Hall–Kier alpha value is -1.84. The Kier molecular flexibility index (Phi) is 4.48. The van der Waals surface area contributed by atoms with Crippen LogP contribution in [0.2, 0.25) is 0 Å². The van der Waals surface area contributed by atoms with Crippen LogP contribution in [0, 0.1) is 12.3 Å². The molecule has 0 aliphatic rings. The molecule has 0 fully saturated rings. The molecule has 0 aliphatic heterocycles. The summed E-state index contributed by atoms with van der Waals surface area (Å²) in [6.07, 6.45) is 5.03. The maximum atomic E-state index is 11.3. The first kappa shape index (κ1) is 14.2. The van der Waals surface area contributed by atoms with Crippen molar-refractivity contribution in [1.82, 2.24) is 5.32 Å². The number of hydrogen-bond donors (Lipinski definition) is 2. The molecule has 1 aromatic carbocycles. The minimum atomic E-state index is -3.69. The molecule has 0 aromatic heterocycles. The Morgan fingerprint density at radius 1 is 1.44 bits per heavy atom. The molecule has 0 heterocycles. The van der Waals surface area contributed by atoms with Crippen LogP contribution < -0.4 is 10.5 Å². The monoisotopic (exact) mass is 266 g/mol. The molecule has 0 spiro atoms. The number of rotatable bonds is 4. The van der Waals surface area contributed by atoms with Gasteiger partial charge >= 0.3 is 0 Å². The van der Waals surface area contributed by atoms with Gasteiger partial charge in [-0.2, -0.15) is 0 Å². The summed E-state index contributed by atoms with van der Waals surface area (Å²) in [5.41, 5.74) is 0.771. The van der Waals surface area contributed by atoms with Crippen molar-refractivity contribution >= 4 is 15.9 Å². The molecule has 96 valence electrons. The van der Waals surface area contributed by atoms with Crippen LogP contribution in [-0.4, -0.2) is 14.3 Å². The quantitative estimate of drug-likeness (QED) is 0.779. The van der Waals surface area contributed by atoms with Gasteiger partial charge in [-0.1, -0.05) is 18.1 Å². The maximum Gasteiger partial charge on any atom is 0.238 e. The number of hydrogen-bond acceptors (Lipinski definition) is 3. The van der Waals surface area contributed by atoms with Crippen molar-refractivity contribution in [3.8, 4) is 12.3 Å². The van der Waals surface area contributed by atoms with Crippen LogP contribution in [0.1, 0.15) is 24.9 Å². The highest BCUT2D eigenvalue weighted by Gasteiger charge is 2.11. The smallest absolute Gasteiger partial charge is 0.238 e. The topological polar surface area (TPSA) is 89.3 Å². The van der Waals surface area contributed by atoms with E-state index in [1.165, 1.54) is 12.1 Å². The normalized spacial score (nSPS) is 12.5. The molecule has 1 rings (SSSR count). The molecule has 0 saturated heterocycles. The van der Waals surface area contributed by atoms with Crippen molar-refractivity contribution in [1.29, 1.82) is 0 Å². The van der Waals surface area contributed by atoms with E-state index in [2.05, 4.69) is 11.2 Å². The number of primary sulfonamides is 1. The minimum Gasteiger partial charge on any atom is -0.349 e. The standard InChI is InChI=1S/C12H14N2O3S/c1-3-4-12(15)14-9(2)10-5-7-11(8-6-10)18(13,16)17/h1,5-9H,4H2,2H3,(H,14,15)(H2,13,16,17). The molecular formula is C12H14N2O3S. The van der Waals surface area contributed by atoms with Gasteiger partial charge in [0.05, 0.1) is 17.4 Å². The number of nitrogens with two attached hydrogens (primary N) is 1. The van der Waals surface area contributed by atoms with Crippen LogP contribution in [0.5, 0.6) is 0 Å². The summed E-state index contributed by atoms with van der Waals surface area (Å²) in [6, 6.07) is 5.74. The molecule has 18 heavy (non-hydrogen) atoms. The molecule has 3 N–H and O–H groups in total. The van der Waals surface area contributed by atoms with Gasteiger partial charge in [0.15, 0.2) is 0 Å². The highest BCUT2D eigenvalue weighted by atomic mass is 32.2. The second-order valence-corrected chi connectivity index (χ2v) is 5.35. The first-order valence-corrected chi connectivity index (χ1v) is 6.75.